The summed E-state index contributed by atoms with van der Waals surface area (Å²) >= 11 is 0. The Balaban J connectivity index is 1.90. The number of aliphatic hydroxyl groups excluding tert-OH is 1. The highest BCUT2D eigenvalue weighted by atomic mass is 16.3. The smallest absolute Gasteiger partial charge is 0.223 e. The van der Waals surface area contributed by atoms with E-state index in [0.717, 1.165) is 19.3 Å². The molecular weight excluding hydrogens is 226 g/mol. The molecule has 0 fully saturated rings. The van der Waals surface area contributed by atoms with Crippen molar-refractivity contribution < 1.29 is 9.90 Å². The van der Waals surface area contributed by atoms with Crippen molar-refractivity contribution in [1.82, 2.24) is 5.32 Å². The Labute approximate surface area is 108 Å². The number of hydrogen-bond acceptors (Lipinski definition) is 2. The second-order valence-corrected chi connectivity index (χ2v) is 5.02. The van der Waals surface area contributed by atoms with Crippen LogP contribution in [0.4, 0.5) is 0 Å². The molecule has 1 aliphatic carbocycles. The molecule has 2 atom stereocenters. The summed E-state index contributed by atoms with van der Waals surface area (Å²) in [5, 5.41) is 12.3. The number of aliphatic hydroxyl groups is 1. The van der Waals surface area contributed by atoms with Gasteiger partial charge in [0.2, 0.25) is 5.91 Å². The maximum Gasteiger partial charge on any atom is 0.223 e. The van der Waals surface area contributed by atoms with Gasteiger partial charge in [0.25, 0.3) is 0 Å². The van der Waals surface area contributed by atoms with E-state index in [1.165, 1.54) is 11.1 Å². The Bertz CT molecular complexity index is 417. The van der Waals surface area contributed by atoms with Crippen LogP contribution >= 0.6 is 0 Å². The molecule has 2 unspecified atom stereocenters. The first-order chi connectivity index (χ1) is 8.70. The third-order valence-corrected chi connectivity index (χ3v) is 3.70. The van der Waals surface area contributed by atoms with Gasteiger partial charge in [0.05, 0.1) is 6.10 Å². The number of hydrogen-bond donors (Lipinski definition) is 2. The molecule has 0 spiro atoms. The number of carbonyl (C=O) groups is 1. The van der Waals surface area contributed by atoms with Crippen LogP contribution in [0.1, 0.15) is 30.9 Å². The van der Waals surface area contributed by atoms with E-state index >= 15 is 0 Å². The third-order valence-electron chi connectivity index (χ3n) is 3.70. The topological polar surface area (TPSA) is 49.3 Å². The van der Waals surface area contributed by atoms with E-state index in [1.807, 2.05) is 13.0 Å². The lowest BCUT2D eigenvalue weighted by atomic mass is 9.83. The second kappa shape index (κ2) is 6.01. The molecule has 0 bridgehead atoms. The maximum absolute atomic E-state index is 12.0. The van der Waals surface area contributed by atoms with Gasteiger partial charge >= 0.3 is 0 Å². The molecule has 1 aromatic rings. The SMILES string of the molecule is CCC(O)CNC(=O)C1CCc2ccccc2C1. The number of benzene rings is 1. The van der Waals surface area contributed by atoms with Crippen LogP contribution in [0.15, 0.2) is 24.3 Å². The van der Waals surface area contributed by atoms with Gasteiger partial charge < -0.3 is 10.4 Å². The van der Waals surface area contributed by atoms with Crippen molar-refractivity contribution in [2.24, 2.45) is 5.92 Å². The quantitative estimate of drug-likeness (QED) is 0.850. The molecule has 0 heterocycles. The highest BCUT2D eigenvalue weighted by Gasteiger charge is 2.24. The van der Waals surface area contributed by atoms with Crippen LogP contribution in [-0.2, 0) is 17.6 Å². The number of aryl methyl sites for hydroxylation is 1. The minimum absolute atomic E-state index is 0.0592. The highest BCUT2D eigenvalue weighted by Crippen LogP contribution is 2.25. The van der Waals surface area contributed by atoms with Gasteiger partial charge in [0, 0.05) is 12.5 Å². The van der Waals surface area contributed by atoms with Gasteiger partial charge in [-0.05, 0) is 36.8 Å². The van der Waals surface area contributed by atoms with E-state index in [-0.39, 0.29) is 11.8 Å². The first-order valence-corrected chi connectivity index (χ1v) is 6.73. The zero-order valence-corrected chi connectivity index (χ0v) is 10.9. The van der Waals surface area contributed by atoms with Crippen molar-refractivity contribution in [3.63, 3.8) is 0 Å². The summed E-state index contributed by atoms with van der Waals surface area (Å²) in [5.74, 6) is 0.140. The van der Waals surface area contributed by atoms with E-state index in [9.17, 15) is 9.90 Å². The number of carbonyl (C=O) groups excluding carboxylic acids is 1. The fraction of sp³-hybridized carbons (Fsp3) is 0.533. The fourth-order valence-corrected chi connectivity index (χ4v) is 2.43. The molecular formula is C15H21NO2. The normalized spacial score (nSPS) is 20.0. The molecule has 0 radical (unpaired) electrons. The minimum Gasteiger partial charge on any atom is -0.391 e. The van der Waals surface area contributed by atoms with Crippen LogP contribution in [0.5, 0.6) is 0 Å². The van der Waals surface area contributed by atoms with E-state index in [1.54, 1.807) is 0 Å². The van der Waals surface area contributed by atoms with Crippen molar-refractivity contribution in [2.75, 3.05) is 6.54 Å². The van der Waals surface area contributed by atoms with E-state index < -0.39 is 6.10 Å². The zero-order valence-electron chi connectivity index (χ0n) is 10.9. The van der Waals surface area contributed by atoms with Crippen molar-refractivity contribution in [3.05, 3.63) is 35.4 Å². The molecule has 0 saturated carbocycles. The predicted molar refractivity (Wildman–Crippen MR) is 71.3 cm³/mol. The number of nitrogens with one attached hydrogen (secondary N) is 1. The van der Waals surface area contributed by atoms with Crippen molar-refractivity contribution in [1.29, 1.82) is 0 Å². The Hall–Kier alpha value is -1.35. The second-order valence-electron chi connectivity index (χ2n) is 5.02. The molecule has 2 rings (SSSR count). The lowest BCUT2D eigenvalue weighted by Crippen LogP contribution is -2.38. The monoisotopic (exact) mass is 247 g/mol. The minimum atomic E-state index is -0.426. The summed E-state index contributed by atoms with van der Waals surface area (Å²) in [6, 6.07) is 8.33. The Kier molecular flexibility index (Phi) is 4.37. The van der Waals surface area contributed by atoms with Crippen molar-refractivity contribution in [2.45, 2.75) is 38.7 Å². The molecule has 3 nitrogen and oxygen atoms in total. The Morgan fingerprint density at radius 2 is 2.17 bits per heavy atom. The lowest BCUT2D eigenvalue weighted by Gasteiger charge is -2.24. The molecule has 1 aromatic carbocycles. The molecule has 1 aliphatic rings. The van der Waals surface area contributed by atoms with E-state index in [4.69, 9.17) is 0 Å². The summed E-state index contributed by atoms with van der Waals surface area (Å²) in [7, 11) is 0. The van der Waals surface area contributed by atoms with Crippen LogP contribution in [-0.4, -0.2) is 23.7 Å². The van der Waals surface area contributed by atoms with Crippen LogP contribution in [0, 0.1) is 5.92 Å². The average Bonchev–Trinajstić information content (AvgIpc) is 2.43. The highest BCUT2D eigenvalue weighted by molar-refractivity contribution is 5.79. The Morgan fingerprint density at radius 1 is 1.44 bits per heavy atom. The molecule has 3 heteroatoms. The average molecular weight is 247 g/mol. The molecule has 0 aliphatic heterocycles. The van der Waals surface area contributed by atoms with Gasteiger partial charge in [0.15, 0.2) is 0 Å². The molecule has 0 aromatic heterocycles. The van der Waals surface area contributed by atoms with Crippen molar-refractivity contribution in [3.8, 4) is 0 Å². The van der Waals surface area contributed by atoms with Gasteiger partial charge in [0.1, 0.15) is 0 Å². The Morgan fingerprint density at radius 3 is 2.89 bits per heavy atom. The van der Waals surface area contributed by atoms with Gasteiger partial charge in [-0.3, -0.25) is 4.79 Å². The van der Waals surface area contributed by atoms with Crippen LogP contribution in [0.2, 0.25) is 0 Å². The van der Waals surface area contributed by atoms with E-state index in [0.29, 0.717) is 13.0 Å². The van der Waals surface area contributed by atoms with Crippen LogP contribution < -0.4 is 5.32 Å². The number of amides is 1. The largest absolute Gasteiger partial charge is 0.391 e. The van der Waals surface area contributed by atoms with Crippen LogP contribution in [0.3, 0.4) is 0 Å². The summed E-state index contributed by atoms with van der Waals surface area (Å²) < 4.78 is 0. The predicted octanol–water partition coefficient (Wildman–Crippen LogP) is 1.68. The fourth-order valence-electron chi connectivity index (χ4n) is 2.43. The maximum atomic E-state index is 12.0. The van der Waals surface area contributed by atoms with Gasteiger partial charge in [-0.2, -0.15) is 0 Å². The summed E-state index contributed by atoms with van der Waals surface area (Å²) in [5.41, 5.74) is 2.66. The molecule has 18 heavy (non-hydrogen) atoms. The first kappa shape index (κ1) is 13.1. The lowest BCUT2D eigenvalue weighted by molar-refractivity contribution is -0.125. The zero-order chi connectivity index (χ0) is 13.0. The first-order valence-electron chi connectivity index (χ1n) is 6.73. The molecule has 2 N–H and O–H groups in total. The summed E-state index contributed by atoms with van der Waals surface area (Å²) in [6.07, 6.45) is 2.96. The van der Waals surface area contributed by atoms with Gasteiger partial charge in [-0.1, -0.05) is 31.2 Å². The summed E-state index contributed by atoms with van der Waals surface area (Å²) in [4.78, 5) is 12.0. The van der Waals surface area contributed by atoms with E-state index in [2.05, 4.69) is 23.5 Å². The van der Waals surface area contributed by atoms with Crippen LogP contribution in [0.25, 0.3) is 0 Å². The van der Waals surface area contributed by atoms with Crippen molar-refractivity contribution >= 4 is 5.91 Å². The molecule has 0 saturated heterocycles. The number of fused-ring (bicyclic) bond motifs is 1. The van der Waals surface area contributed by atoms with Gasteiger partial charge in [-0.25, -0.2) is 0 Å². The molecule has 1 amide bonds. The molecule has 98 valence electrons. The standard InChI is InChI=1S/C15H21NO2/c1-2-14(17)10-16-15(18)13-8-7-11-5-3-4-6-12(11)9-13/h3-6,13-14,17H,2,7-10H2,1H3,(H,16,18). The van der Waals surface area contributed by atoms with Gasteiger partial charge in [-0.15, -0.1) is 0 Å². The summed E-state index contributed by atoms with van der Waals surface area (Å²) in [6.45, 7) is 2.28. The third kappa shape index (κ3) is 3.10. The number of rotatable bonds is 4.